The largest absolute Gasteiger partial charge is 0.378 e. The first kappa shape index (κ1) is 22.6. The van der Waals surface area contributed by atoms with E-state index in [4.69, 9.17) is 4.74 Å². The van der Waals surface area contributed by atoms with Crippen molar-refractivity contribution in [3.63, 3.8) is 0 Å². The number of rotatable bonds is 10. The Morgan fingerprint density at radius 3 is 2.04 bits per heavy atom. The van der Waals surface area contributed by atoms with Crippen LogP contribution < -0.4 is 0 Å². The molecule has 0 aromatic heterocycles. The molecule has 0 spiro atoms. The van der Waals surface area contributed by atoms with E-state index in [1.165, 1.54) is 122 Å². The van der Waals surface area contributed by atoms with Gasteiger partial charge in [-0.25, -0.2) is 0 Å². The highest BCUT2D eigenvalue weighted by molar-refractivity contribution is 4.89. The predicted octanol–water partition coefficient (Wildman–Crippen LogP) is 8.70. The number of ether oxygens (including phenoxy) is 1. The fraction of sp³-hybridized carbons (Fsp3) is 1.00. The summed E-state index contributed by atoms with van der Waals surface area (Å²) in [4.78, 5) is 0. The summed E-state index contributed by atoms with van der Waals surface area (Å²) >= 11 is 0. The second-order valence-corrected chi connectivity index (χ2v) is 10.9. The molecule has 0 bridgehead atoms. The molecule has 0 N–H and O–H groups in total. The minimum absolute atomic E-state index is 0.526. The lowest BCUT2D eigenvalue weighted by atomic mass is 9.64. The maximum atomic E-state index is 6.63. The normalized spacial score (nSPS) is 35.1. The second-order valence-electron chi connectivity index (χ2n) is 10.9. The fourth-order valence-corrected chi connectivity index (χ4v) is 6.89. The number of hydrogen-bond acceptors (Lipinski definition) is 1. The molecule has 0 heterocycles. The minimum Gasteiger partial charge on any atom is -0.378 e. The topological polar surface area (TPSA) is 9.23 Å². The Kier molecular flexibility index (Phi) is 9.68. The van der Waals surface area contributed by atoms with Crippen LogP contribution in [0.3, 0.4) is 0 Å². The van der Waals surface area contributed by atoms with Crippen molar-refractivity contribution in [3.8, 4) is 0 Å². The summed E-state index contributed by atoms with van der Waals surface area (Å²) in [6, 6.07) is 0. The molecule has 3 rings (SSSR count). The molecule has 0 radical (unpaired) electrons. The van der Waals surface area contributed by atoms with Crippen LogP contribution in [0.5, 0.6) is 0 Å². The Balaban J connectivity index is 1.39. The molecule has 0 aromatic rings. The summed E-state index contributed by atoms with van der Waals surface area (Å²) in [7, 11) is 0. The Morgan fingerprint density at radius 1 is 0.714 bits per heavy atom. The van der Waals surface area contributed by atoms with E-state index < -0.39 is 0 Å². The van der Waals surface area contributed by atoms with Crippen LogP contribution in [0.1, 0.15) is 136 Å². The van der Waals surface area contributed by atoms with Gasteiger partial charge in [0.05, 0.1) is 12.7 Å². The van der Waals surface area contributed by atoms with E-state index in [9.17, 15) is 0 Å². The highest BCUT2D eigenvalue weighted by Gasteiger charge is 2.38. The summed E-state index contributed by atoms with van der Waals surface area (Å²) in [5, 5.41) is 0. The molecule has 1 nitrogen and oxygen atoms in total. The van der Waals surface area contributed by atoms with E-state index in [1.54, 1.807) is 0 Å². The molecular weight excluding hydrogens is 340 g/mol. The van der Waals surface area contributed by atoms with Crippen molar-refractivity contribution in [1.29, 1.82) is 0 Å². The summed E-state index contributed by atoms with van der Waals surface area (Å²) in [6.07, 6.45) is 28.0. The third-order valence-electron chi connectivity index (χ3n) is 8.82. The maximum absolute atomic E-state index is 6.63. The van der Waals surface area contributed by atoms with E-state index in [2.05, 4.69) is 13.8 Å². The first-order chi connectivity index (χ1) is 13.7. The van der Waals surface area contributed by atoms with Gasteiger partial charge in [0.2, 0.25) is 0 Å². The standard InChI is InChI=1S/C27H50O/c1-3-5-7-10-23-13-15-26(16-14-23)28-22-27(19-4-2)20-17-25(18-21-27)24-11-8-6-9-12-24/h23-26H,3-22H2,1-2H3/t23-,25?,26-,27?. The fourth-order valence-electron chi connectivity index (χ4n) is 6.89. The van der Waals surface area contributed by atoms with Gasteiger partial charge < -0.3 is 4.74 Å². The first-order valence-electron chi connectivity index (χ1n) is 13.4. The van der Waals surface area contributed by atoms with Gasteiger partial charge in [0.25, 0.3) is 0 Å². The van der Waals surface area contributed by atoms with Crippen LogP contribution in [0.15, 0.2) is 0 Å². The average molecular weight is 391 g/mol. The van der Waals surface area contributed by atoms with E-state index >= 15 is 0 Å². The van der Waals surface area contributed by atoms with Gasteiger partial charge >= 0.3 is 0 Å². The third-order valence-corrected chi connectivity index (χ3v) is 8.82. The van der Waals surface area contributed by atoms with Crippen LogP contribution in [-0.2, 0) is 4.74 Å². The molecule has 3 saturated carbocycles. The first-order valence-corrected chi connectivity index (χ1v) is 13.4. The Hall–Kier alpha value is -0.0400. The van der Waals surface area contributed by atoms with Gasteiger partial charge in [-0.15, -0.1) is 0 Å². The summed E-state index contributed by atoms with van der Waals surface area (Å²) < 4.78 is 6.63. The number of hydrogen-bond donors (Lipinski definition) is 0. The van der Waals surface area contributed by atoms with Gasteiger partial charge in [-0.2, -0.15) is 0 Å². The van der Waals surface area contributed by atoms with Crippen LogP contribution in [0.2, 0.25) is 0 Å². The van der Waals surface area contributed by atoms with Crippen LogP contribution in [0.4, 0.5) is 0 Å². The molecule has 0 amide bonds. The van der Waals surface area contributed by atoms with Crippen molar-refractivity contribution in [2.75, 3.05) is 6.61 Å². The monoisotopic (exact) mass is 390 g/mol. The zero-order valence-corrected chi connectivity index (χ0v) is 19.4. The van der Waals surface area contributed by atoms with E-state index in [1.807, 2.05) is 0 Å². The quantitative estimate of drug-likeness (QED) is 0.339. The highest BCUT2D eigenvalue weighted by atomic mass is 16.5. The van der Waals surface area contributed by atoms with Gasteiger partial charge in [-0.3, -0.25) is 0 Å². The summed E-state index contributed by atoms with van der Waals surface area (Å²) in [6.45, 7) is 5.78. The molecule has 1 heteroatoms. The smallest absolute Gasteiger partial charge is 0.0575 e. The molecule has 0 atom stereocenters. The van der Waals surface area contributed by atoms with Crippen molar-refractivity contribution in [2.45, 2.75) is 142 Å². The lowest BCUT2D eigenvalue weighted by Gasteiger charge is -2.44. The highest BCUT2D eigenvalue weighted by Crippen LogP contribution is 2.47. The molecule has 0 aliphatic heterocycles. The van der Waals surface area contributed by atoms with Crippen molar-refractivity contribution in [1.82, 2.24) is 0 Å². The van der Waals surface area contributed by atoms with Gasteiger partial charge in [0, 0.05) is 0 Å². The van der Waals surface area contributed by atoms with Crippen LogP contribution in [0, 0.1) is 23.2 Å². The molecule has 3 aliphatic carbocycles. The zero-order chi connectivity index (χ0) is 19.7. The van der Waals surface area contributed by atoms with Crippen molar-refractivity contribution < 1.29 is 4.74 Å². The van der Waals surface area contributed by atoms with E-state index in [0.29, 0.717) is 11.5 Å². The van der Waals surface area contributed by atoms with Crippen LogP contribution >= 0.6 is 0 Å². The molecule has 0 saturated heterocycles. The van der Waals surface area contributed by atoms with Gasteiger partial charge in [0.1, 0.15) is 0 Å². The molecule has 3 fully saturated rings. The molecule has 3 aliphatic rings. The SMILES string of the molecule is CCCCC[C@H]1CC[C@H](OCC2(CCC)CCC(C3CCCCC3)CC2)CC1. The minimum atomic E-state index is 0.526. The van der Waals surface area contributed by atoms with Crippen molar-refractivity contribution in [2.24, 2.45) is 23.2 Å². The lowest BCUT2D eigenvalue weighted by Crippen LogP contribution is -2.36. The van der Waals surface area contributed by atoms with Crippen molar-refractivity contribution in [3.05, 3.63) is 0 Å². The van der Waals surface area contributed by atoms with E-state index in [0.717, 1.165) is 24.4 Å². The van der Waals surface area contributed by atoms with Gasteiger partial charge in [-0.1, -0.05) is 78.1 Å². The molecule has 164 valence electrons. The third kappa shape index (κ3) is 6.75. The summed E-state index contributed by atoms with van der Waals surface area (Å²) in [5.41, 5.74) is 0.526. The Morgan fingerprint density at radius 2 is 1.39 bits per heavy atom. The number of unbranched alkanes of at least 4 members (excludes halogenated alkanes) is 2. The summed E-state index contributed by atoms with van der Waals surface area (Å²) in [5.74, 6) is 3.11. The molecule has 28 heavy (non-hydrogen) atoms. The second kappa shape index (κ2) is 12.0. The van der Waals surface area contributed by atoms with Gasteiger partial charge in [0.15, 0.2) is 0 Å². The van der Waals surface area contributed by atoms with Crippen LogP contribution in [-0.4, -0.2) is 12.7 Å². The predicted molar refractivity (Wildman–Crippen MR) is 122 cm³/mol. The zero-order valence-electron chi connectivity index (χ0n) is 19.4. The Labute approximate surface area is 176 Å². The molecule has 0 unspecified atom stereocenters. The lowest BCUT2D eigenvalue weighted by molar-refractivity contribution is -0.0561. The molecule has 0 aromatic carbocycles. The van der Waals surface area contributed by atoms with Crippen LogP contribution in [0.25, 0.3) is 0 Å². The Bertz CT molecular complexity index is 394. The maximum Gasteiger partial charge on any atom is 0.0575 e. The molecular formula is C27H50O. The van der Waals surface area contributed by atoms with Crippen molar-refractivity contribution >= 4 is 0 Å². The average Bonchev–Trinajstić information content (AvgIpc) is 2.75. The van der Waals surface area contributed by atoms with E-state index in [-0.39, 0.29) is 0 Å². The van der Waals surface area contributed by atoms with Gasteiger partial charge in [-0.05, 0) is 81.0 Å².